The lowest BCUT2D eigenvalue weighted by molar-refractivity contribution is -0.113. The van der Waals surface area contributed by atoms with Crippen LogP contribution in [0.4, 0.5) is 14.6 Å². The number of amides is 1. The SMILES string of the molecule is O=C(CSc1ccc(F)c(F)c1)Nc1ccnn1Cc1ccc(Cl)cc1Cl. The molecule has 4 nitrogen and oxygen atoms in total. The average Bonchev–Trinajstić information content (AvgIpc) is 3.05. The van der Waals surface area contributed by atoms with Crippen molar-refractivity contribution in [3.8, 4) is 0 Å². The Morgan fingerprint density at radius 1 is 1.11 bits per heavy atom. The van der Waals surface area contributed by atoms with Crippen LogP contribution in [0, 0.1) is 11.6 Å². The molecule has 1 N–H and O–H groups in total. The number of carbonyl (C=O) groups excluding carboxylic acids is 1. The fraction of sp³-hybridized carbons (Fsp3) is 0.111. The number of nitrogens with zero attached hydrogens (tertiary/aromatic N) is 2. The minimum Gasteiger partial charge on any atom is -0.310 e. The number of hydrogen-bond donors (Lipinski definition) is 1. The molecule has 0 saturated carbocycles. The normalized spacial score (nSPS) is 10.8. The van der Waals surface area contributed by atoms with Gasteiger partial charge in [-0.3, -0.25) is 4.79 Å². The summed E-state index contributed by atoms with van der Waals surface area (Å²) in [5.74, 6) is -1.63. The summed E-state index contributed by atoms with van der Waals surface area (Å²) in [6.07, 6.45) is 1.56. The molecule has 0 saturated heterocycles. The second kappa shape index (κ2) is 8.73. The molecule has 0 fully saturated rings. The number of nitrogens with one attached hydrogen (secondary N) is 1. The minimum absolute atomic E-state index is 0.0396. The Morgan fingerprint density at radius 3 is 2.67 bits per heavy atom. The third-order valence-electron chi connectivity index (χ3n) is 3.58. The summed E-state index contributed by atoms with van der Waals surface area (Å²) in [6, 6.07) is 10.3. The van der Waals surface area contributed by atoms with Crippen molar-refractivity contribution in [3.63, 3.8) is 0 Å². The zero-order chi connectivity index (χ0) is 19.4. The van der Waals surface area contributed by atoms with Crippen molar-refractivity contribution in [2.75, 3.05) is 11.1 Å². The van der Waals surface area contributed by atoms with Gasteiger partial charge in [-0.2, -0.15) is 5.10 Å². The Kier molecular flexibility index (Phi) is 6.36. The van der Waals surface area contributed by atoms with Crippen LogP contribution >= 0.6 is 35.0 Å². The van der Waals surface area contributed by atoms with Gasteiger partial charge >= 0.3 is 0 Å². The number of rotatable bonds is 6. The zero-order valence-corrected chi connectivity index (χ0v) is 16.1. The van der Waals surface area contributed by atoms with E-state index in [1.807, 2.05) is 0 Å². The van der Waals surface area contributed by atoms with Gasteiger partial charge in [-0.25, -0.2) is 13.5 Å². The molecule has 0 aliphatic rings. The van der Waals surface area contributed by atoms with Gasteiger partial charge in [-0.1, -0.05) is 29.3 Å². The van der Waals surface area contributed by atoms with E-state index in [0.29, 0.717) is 27.3 Å². The lowest BCUT2D eigenvalue weighted by Gasteiger charge is -2.10. The highest BCUT2D eigenvalue weighted by molar-refractivity contribution is 8.00. The van der Waals surface area contributed by atoms with E-state index < -0.39 is 11.6 Å². The molecular formula is C18H13Cl2F2N3OS. The van der Waals surface area contributed by atoms with E-state index in [1.165, 1.54) is 6.07 Å². The van der Waals surface area contributed by atoms with Gasteiger partial charge in [-0.15, -0.1) is 11.8 Å². The van der Waals surface area contributed by atoms with Crippen LogP contribution in [0.5, 0.6) is 0 Å². The second-order valence-electron chi connectivity index (χ2n) is 5.52. The van der Waals surface area contributed by atoms with Crippen LogP contribution in [-0.4, -0.2) is 21.4 Å². The Morgan fingerprint density at radius 2 is 1.93 bits per heavy atom. The van der Waals surface area contributed by atoms with E-state index >= 15 is 0 Å². The summed E-state index contributed by atoms with van der Waals surface area (Å²) in [5.41, 5.74) is 0.802. The number of anilines is 1. The van der Waals surface area contributed by atoms with Gasteiger partial charge in [0.25, 0.3) is 0 Å². The Bertz CT molecular complexity index is 981. The fourth-order valence-corrected chi connectivity index (χ4v) is 3.46. The summed E-state index contributed by atoms with van der Waals surface area (Å²) < 4.78 is 27.7. The number of halogens is 4. The summed E-state index contributed by atoms with van der Waals surface area (Å²) in [7, 11) is 0. The van der Waals surface area contributed by atoms with Crippen molar-refractivity contribution in [2.24, 2.45) is 0 Å². The highest BCUT2D eigenvalue weighted by Crippen LogP contribution is 2.23. The predicted octanol–water partition coefficient (Wildman–Crippen LogP) is 5.25. The quantitative estimate of drug-likeness (QED) is 0.546. The van der Waals surface area contributed by atoms with E-state index in [1.54, 1.807) is 35.1 Å². The number of aromatic nitrogens is 2. The maximum absolute atomic E-state index is 13.2. The summed E-state index contributed by atoms with van der Waals surface area (Å²) in [4.78, 5) is 12.6. The minimum atomic E-state index is -0.946. The largest absolute Gasteiger partial charge is 0.310 e. The number of carbonyl (C=O) groups is 1. The Balaban J connectivity index is 1.61. The predicted molar refractivity (Wildman–Crippen MR) is 104 cm³/mol. The first-order chi connectivity index (χ1) is 12.9. The van der Waals surface area contributed by atoms with Crippen molar-refractivity contribution in [1.29, 1.82) is 0 Å². The van der Waals surface area contributed by atoms with Crippen LogP contribution in [0.1, 0.15) is 5.56 Å². The second-order valence-corrected chi connectivity index (χ2v) is 7.41. The van der Waals surface area contributed by atoms with Gasteiger partial charge in [0, 0.05) is 21.0 Å². The van der Waals surface area contributed by atoms with Gasteiger partial charge in [0.2, 0.25) is 5.91 Å². The first kappa shape index (κ1) is 19.7. The molecule has 0 spiro atoms. The van der Waals surface area contributed by atoms with Crippen LogP contribution in [0.15, 0.2) is 53.6 Å². The van der Waals surface area contributed by atoms with Crippen molar-refractivity contribution in [3.05, 3.63) is 75.9 Å². The van der Waals surface area contributed by atoms with Gasteiger partial charge in [0.1, 0.15) is 5.82 Å². The fourth-order valence-electron chi connectivity index (χ4n) is 2.27. The van der Waals surface area contributed by atoms with Crippen LogP contribution in [0.25, 0.3) is 0 Å². The average molecular weight is 428 g/mol. The third-order valence-corrected chi connectivity index (χ3v) is 5.16. The highest BCUT2D eigenvalue weighted by atomic mass is 35.5. The standard InChI is InChI=1S/C18H13Cl2F2N3OS/c19-12-2-1-11(14(20)7-12)9-25-17(5-6-23-25)24-18(26)10-27-13-3-4-15(21)16(22)8-13/h1-8H,9-10H2,(H,24,26). The van der Waals surface area contributed by atoms with Crippen LogP contribution in [0.2, 0.25) is 10.0 Å². The highest BCUT2D eigenvalue weighted by Gasteiger charge is 2.11. The molecule has 1 amide bonds. The molecule has 3 rings (SSSR count). The number of benzene rings is 2. The molecule has 27 heavy (non-hydrogen) atoms. The molecule has 2 aromatic carbocycles. The molecule has 0 aliphatic carbocycles. The first-order valence-electron chi connectivity index (χ1n) is 7.76. The molecule has 1 aromatic heterocycles. The van der Waals surface area contributed by atoms with Crippen molar-refractivity contribution in [2.45, 2.75) is 11.4 Å². The molecule has 140 valence electrons. The maximum atomic E-state index is 13.2. The molecule has 0 atom stereocenters. The van der Waals surface area contributed by atoms with Gasteiger partial charge in [0.05, 0.1) is 18.5 Å². The van der Waals surface area contributed by atoms with E-state index in [0.717, 1.165) is 29.5 Å². The summed E-state index contributed by atoms with van der Waals surface area (Å²) >= 11 is 13.2. The topological polar surface area (TPSA) is 46.9 Å². The molecule has 3 aromatic rings. The Labute approximate surface area is 168 Å². The monoisotopic (exact) mass is 427 g/mol. The smallest absolute Gasteiger partial charge is 0.235 e. The summed E-state index contributed by atoms with van der Waals surface area (Å²) in [6.45, 7) is 0.356. The zero-order valence-electron chi connectivity index (χ0n) is 13.8. The lowest BCUT2D eigenvalue weighted by Crippen LogP contribution is -2.18. The molecule has 1 heterocycles. The summed E-state index contributed by atoms with van der Waals surface area (Å²) in [5, 5.41) is 7.96. The van der Waals surface area contributed by atoms with E-state index in [2.05, 4.69) is 10.4 Å². The molecule has 0 unspecified atom stereocenters. The van der Waals surface area contributed by atoms with Crippen LogP contribution < -0.4 is 5.32 Å². The van der Waals surface area contributed by atoms with Crippen LogP contribution in [0.3, 0.4) is 0 Å². The van der Waals surface area contributed by atoms with Crippen LogP contribution in [-0.2, 0) is 11.3 Å². The Hall–Kier alpha value is -2.09. The van der Waals surface area contributed by atoms with Gasteiger partial charge < -0.3 is 5.32 Å². The van der Waals surface area contributed by atoms with Crippen molar-refractivity contribution in [1.82, 2.24) is 9.78 Å². The molecular weight excluding hydrogens is 415 g/mol. The molecule has 9 heteroatoms. The van der Waals surface area contributed by atoms with E-state index in [4.69, 9.17) is 23.2 Å². The van der Waals surface area contributed by atoms with E-state index in [-0.39, 0.29) is 11.7 Å². The van der Waals surface area contributed by atoms with Gasteiger partial charge in [0.15, 0.2) is 11.6 Å². The van der Waals surface area contributed by atoms with Crippen molar-refractivity contribution < 1.29 is 13.6 Å². The van der Waals surface area contributed by atoms with Crippen molar-refractivity contribution >= 4 is 46.7 Å². The van der Waals surface area contributed by atoms with E-state index in [9.17, 15) is 13.6 Å². The molecule has 0 radical (unpaired) electrons. The number of hydrogen-bond acceptors (Lipinski definition) is 3. The lowest BCUT2D eigenvalue weighted by atomic mass is 10.2. The maximum Gasteiger partial charge on any atom is 0.235 e. The molecule has 0 bridgehead atoms. The molecule has 0 aliphatic heterocycles. The van der Waals surface area contributed by atoms with Gasteiger partial charge in [-0.05, 0) is 35.9 Å². The third kappa shape index (κ3) is 5.22. The number of thioether (sulfide) groups is 1. The first-order valence-corrected chi connectivity index (χ1v) is 9.50.